The number of nitrogens with one attached hydrogen (secondary N) is 4. The molecular formula is C22H36N14O10S2. The highest BCUT2D eigenvalue weighted by atomic mass is 32.2. The van der Waals surface area contributed by atoms with Crippen LogP contribution in [0.5, 0.6) is 0 Å². The maximum absolute atomic E-state index is 11.1. The van der Waals surface area contributed by atoms with Gasteiger partial charge in [0.15, 0.2) is 11.6 Å². The summed E-state index contributed by atoms with van der Waals surface area (Å²) in [6, 6.07) is 3.06. The molecule has 0 fully saturated rings. The van der Waals surface area contributed by atoms with Crippen molar-refractivity contribution in [2.45, 2.75) is 0 Å². The molecule has 0 aromatic carbocycles. The number of aromatic nitrogens is 8. The van der Waals surface area contributed by atoms with Crippen LogP contribution in [0.15, 0.2) is 12.1 Å². The van der Waals surface area contributed by atoms with Crippen LogP contribution < -0.4 is 31.1 Å². The second kappa shape index (κ2) is 20.3. The van der Waals surface area contributed by atoms with Crippen molar-refractivity contribution in [2.24, 2.45) is 0 Å². The van der Waals surface area contributed by atoms with Gasteiger partial charge in [-0.15, -0.1) is 14.5 Å². The third-order valence-electron chi connectivity index (χ3n) is 5.63. The van der Waals surface area contributed by atoms with Gasteiger partial charge in [0, 0.05) is 57.1 Å². The monoisotopic (exact) mass is 720 g/mol. The van der Waals surface area contributed by atoms with Crippen LogP contribution in [0.3, 0.4) is 0 Å². The maximum atomic E-state index is 11.1. The molecule has 3 rings (SSSR count). The van der Waals surface area contributed by atoms with Gasteiger partial charge in [0.25, 0.3) is 10.1 Å². The van der Waals surface area contributed by atoms with Crippen LogP contribution >= 0.6 is 12.0 Å². The molecule has 3 heterocycles. The first kappa shape index (κ1) is 38.3. The van der Waals surface area contributed by atoms with Gasteiger partial charge in [-0.3, -0.25) is 4.55 Å². The maximum Gasteiger partial charge on any atom is 0.266 e. The predicted octanol–water partition coefficient (Wildman–Crippen LogP) is -2.30. The van der Waals surface area contributed by atoms with Crippen molar-refractivity contribution in [3.63, 3.8) is 0 Å². The van der Waals surface area contributed by atoms with Gasteiger partial charge in [0.05, 0.1) is 32.2 Å². The van der Waals surface area contributed by atoms with E-state index in [1.807, 2.05) is 0 Å². The van der Waals surface area contributed by atoms with Crippen LogP contribution in [0.1, 0.15) is 0 Å². The molecule has 0 bridgehead atoms. The summed E-state index contributed by atoms with van der Waals surface area (Å²) >= 11 is 0.827. The first-order chi connectivity index (χ1) is 23.2. The summed E-state index contributed by atoms with van der Waals surface area (Å²) in [5.74, 6) is 0.424. The highest BCUT2D eigenvalue weighted by Crippen LogP contribution is 2.20. The molecule has 10 N–H and O–H groups in total. The lowest BCUT2D eigenvalue weighted by Crippen LogP contribution is -2.32. The van der Waals surface area contributed by atoms with Gasteiger partial charge in [0.2, 0.25) is 35.7 Å². The number of aliphatic hydroxyl groups excluding tert-OH is 4. The van der Waals surface area contributed by atoms with E-state index in [0.717, 1.165) is 12.0 Å². The Morgan fingerprint density at radius 3 is 1.52 bits per heavy atom. The number of nitrogens with zero attached hydrogens (tertiary/aromatic N) is 10. The van der Waals surface area contributed by atoms with Crippen molar-refractivity contribution < 1.29 is 48.0 Å². The number of aliphatic hydroxyl groups is 4. The smallest absolute Gasteiger partial charge is 0.266 e. The summed E-state index contributed by atoms with van der Waals surface area (Å²) in [6.45, 7) is -0.485. The van der Waals surface area contributed by atoms with Crippen LogP contribution in [-0.4, -0.2) is 156 Å². The average molecular weight is 721 g/mol. The summed E-state index contributed by atoms with van der Waals surface area (Å²) in [4.78, 5) is 28.7. The van der Waals surface area contributed by atoms with E-state index in [4.69, 9.17) is 9.81 Å². The fraction of sp³-hybridized carbons (Fsp3) is 0.545. The lowest BCUT2D eigenvalue weighted by molar-refractivity contribution is -0.432. The summed E-state index contributed by atoms with van der Waals surface area (Å²) in [5.41, 5.74) is 0. The Hall–Kier alpha value is -4.12. The average Bonchev–Trinajstić information content (AvgIpc) is 3.04. The molecule has 0 atom stereocenters. The minimum Gasteiger partial charge on any atom is -0.395 e. The first-order valence-corrected chi connectivity index (χ1v) is 16.6. The van der Waals surface area contributed by atoms with E-state index in [1.54, 1.807) is 4.90 Å². The van der Waals surface area contributed by atoms with E-state index < -0.39 is 15.9 Å². The van der Waals surface area contributed by atoms with Crippen LogP contribution in [0, 0.1) is 0 Å². The molecule has 0 amide bonds. The van der Waals surface area contributed by atoms with Gasteiger partial charge < -0.3 is 51.5 Å². The van der Waals surface area contributed by atoms with Crippen LogP contribution in [0.4, 0.5) is 47.3 Å². The molecule has 0 aliphatic heterocycles. The summed E-state index contributed by atoms with van der Waals surface area (Å²) in [6.07, 6.45) is 0. The van der Waals surface area contributed by atoms with E-state index in [0.29, 0.717) is 12.3 Å². The minimum absolute atomic E-state index is 0.0370. The van der Waals surface area contributed by atoms with Crippen LogP contribution in [-0.2, 0) is 19.5 Å². The van der Waals surface area contributed by atoms with Gasteiger partial charge >= 0.3 is 0 Å². The Labute approximate surface area is 277 Å². The number of anilines is 8. The zero-order chi connectivity index (χ0) is 34.8. The number of rotatable bonds is 24. The molecule has 0 saturated heterocycles. The normalized spacial score (nSPS) is 11.3. The fourth-order valence-corrected chi connectivity index (χ4v) is 4.29. The lowest BCUT2D eigenvalue weighted by Gasteiger charge is -2.21. The molecule has 0 saturated carbocycles. The lowest BCUT2D eigenvalue weighted by atomic mass is 10.5. The van der Waals surface area contributed by atoms with Crippen LogP contribution in [0.25, 0.3) is 0 Å². The van der Waals surface area contributed by atoms with E-state index in [9.17, 15) is 28.8 Å². The fourth-order valence-electron chi connectivity index (χ4n) is 3.64. The molecule has 24 nitrogen and oxygen atoms in total. The SMILES string of the molecule is O=S(=O)(O)CCNc1nc(Nc2ccc(Nc3nc(NCCSOOO)nc(N(CCO)CCO)n3)nn2)nc(N(CCO)CCO)n1. The Morgan fingerprint density at radius 2 is 1.12 bits per heavy atom. The quantitative estimate of drug-likeness (QED) is 0.0153. The summed E-state index contributed by atoms with van der Waals surface area (Å²) < 4.78 is 35.6. The molecule has 48 heavy (non-hydrogen) atoms. The minimum atomic E-state index is -4.25. The van der Waals surface area contributed by atoms with E-state index >= 15 is 0 Å². The molecule has 3 aromatic heterocycles. The highest BCUT2D eigenvalue weighted by molar-refractivity contribution is 7.94. The molecule has 0 aliphatic carbocycles. The molecule has 0 radical (unpaired) electrons. The highest BCUT2D eigenvalue weighted by Gasteiger charge is 2.16. The van der Waals surface area contributed by atoms with Crippen molar-refractivity contribution in [2.75, 3.05) is 108 Å². The van der Waals surface area contributed by atoms with Crippen molar-refractivity contribution >= 4 is 69.5 Å². The Bertz CT molecular complexity index is 1490. The molecule has 266 valence electrons. The second-order valence-corrected chi connectivity index (χ2v) is 11.4. The van der Waals surface area contributed by atoms with Gasteiger partial charge in [-0.2, -0.15) is 38.3 Å². The van der Waals surface area contributed by atoms with Crippen molar-refractivity contribution in [1.29, 1.82) is 0 Å². The van der Waals surface area contributed by atoms with E-state index in [-0.39, 0.29) is 106 Å². The largest absolute Gasteiger partial charge is 0.395 e. The van der Waals surface area contributed by atoms with Crippen molar-refractivity contribution in [1.82, 2.24) is 40.1 Å². The van der Waals surface area contributed by atoms with E-state index in [2.05, 4.69) is 70.7 Å². The molecule has 0 spiro atoms. The van der Waals surface area contributed by atoms with Crippen molar-refractivity contribution in [3.8, 4) is 0 Å². The zero-order valence-electron chi connectivity index (χ0n) is 25.2. The molecule has 3 aromatic rings. The predicted molar refractivity (Wildman–Crippen MR) is 172 cm³/mol. The standard InChI is InChI=1S/C22H36N14O10S2/c37-9-5-35(6-10-38)21-29-17(23-3-13-47-46-45-41)27-19(31-21)25-15-1-2-16(34-33-15)26-20-28-18(24-4-14-48(42,43)44)30-22(32-20)36(7-11-39)8-12-40/h1-2,37-41H,3-14H2,(H,42,43,44)(H2,23,25,27,29,31,33)(H2,24,26,28,30,32,34). The van der Waals surface area contributed by atoms with Crippen molar-refractivity contribution in [3.05, 3.63) is 12.1 Å². The number of hydrogen-bond acceptors (Lipinski definition) is 24. The topological polar surface area (TPSA) is 332 Å². The first-order valence-electron chi connectivity index (χ1n) is 14.0. The third-order valence-corrected chi connectivity index (χ3v) is 6.87. The van der Waals surface area contributed by atoms with Gasteiger partial charge in [-0.1, -0.05) is 5.04 Å². The summed E-state index contributed by atoms with van der Waals surface area (Å²) in [7, 11) is -4.25. The molecule has 0 aliphatic rings. The Morgan fingerprint density at radius 1 is 0.688 bits per heavy atom. The number of hydrogen-bond donors (Lipinski definition) is 10. The Balaban J connectivity index is 1.81. The van der Waals surface area contributed by atoms with Gasteiger partial charge in [0.1, 0.15) is 0 Å². The molecule has 26 heteroatoms. The van der Waals surface area contributed by atoms with Gasteiger partial charge in [-0.05, 0) is 12.1 Å². The van der Waals surface area contributed by atoms with Gasteiger partial charge in [-0.25, -0.2) is 5.26 Å². The molecule has 0 unspecified atom stereocenters. The molecular weight excluding hydrogens is 684 g/mol. The summed E-state index contributed by atoms with van der Waals surface area (Å²) in [5, 5.41) is 69.2. The van der Waals surface area contributed by atoms with Crippen LogP contribution in [0.2, 0.25) is 0 Å². The third kappa shape index (κ3) is 13.5. The van der Waals surface area contributed by atoms with E-state index in [1.165, 1.54) is 17.0 Å². The second-order valence-electron chi connectivity index (χ2n) is 9.09. The zero-order valence-corrected chi connectivity index (χ0v) is 26.9. The Kier molecular flexibility index (Phi) is 16.2.